The third kappa shape index (κ3) is 6.45. The van der Waals surface area contributed by atoms with Crippen molar-refractivity contribution in [3.05, 3.63) is 96.7 Å². The van der Waals surface area contributed by atoms with Crippen LogP contribution in [0.5, 0.6) is 0 Å². The number of nitrogens with zero attached hydrogens (tertiary/aromatic N) is 2. The van der Waals surface area contributed by atoms with Gasteiger partial charge in [0.1, 0.15) is 6.04 Å². The Bertz CT molecular complexity index is 1880. The number of ketones is 1. The van der Waals surface area contributed by atoms with Gasteiger partial charge in [0, 0.05) is 16.6 Å². The quantitative estimate of drug-likeness (QED) is 0.0497. The summed E-state index contributed by atoms with van der Waals surface area (Å²) in [6, 6.07) is 4.69. The lowest BCUT2D eigenvalue weighted by Gasteiger charge is -2.25. The number of Topliss-reactive ketones (excluding diaryl/α,β-unsaturated/α-hetero) is 1. The monoisotopic (exact) mass is 874 g/mol. The number of amides is 4. The molecule has 4 amide bonds. The molecule has 48 heavy (non-hydrogen) atoms. The van der Waals surface area contributed by atoms with Crippen molar-refractivity contribution in [1.82, 2.24) is 9.80 Å². The van der Waals surface area contributed by atoms with E-state index < -0.39 is 48.0 Å². The highest BCUT2D eigenvalue weighted by Gasteiger charge is 2.47. The zero-order chi connectivity index (χ0) is 35.4. The minimum atomic E-state index is -1.59. The second-order valence-corrected chi connectivity index (χ2v) is 14.2. The average Bonchev–Trinajstić information content (AvgIpc) is 3.47. The topological polar surface area (TPSA) is 118 Å². The molecule has 5 rings (SSSR count). The Morgan fingerprint density at radius 2 is 1.04 bits per heavy atom. The normalized spacial score (nSPS) is 14.5. The SMILES string of the molecule is O=C(COC(=O)[C@@H](CCCCN1C(=O)c2c(Cl)c(Cl)c(Cl)c(Cl)c2C1=O)N1C(=O)c2c(Cl)c(Cl)c(Cl)c(Cl)c2C1=O)c1ccc(Br)cc1. The first-order valence-corrected chi connectivity index (χ1v) is 17.3. The van der Waals surface area contributed by atoms with E-state index in [4.69, 9.17) is 97.5 Å². The summed E-state index contributed by atoms with van der Waals surface area (Å²) in [5.41, 5.74) is -0.871. The van der Waals surface area contributed by atoms with Crippen LogP contribution in [-0.2, 0) is 9.53 Å². The summed E-state index contributed by atoms with van der Waals surface area (Å²) in [4.78, 5) is 81.1. The van der Waals surface area contributed by atoms with Crippen LogP contribution in [0.15, 0.2) is 28.7 Å². The summed E-state index contributed by atoms with van der Waals surface area (Å²) >= 11 is 52.6. The maximum atomic E-state index is 13.6. The molecule has 1 atom stereocenters. The molecule has 0 aliphatic carbocycles. The second kappa shape index (κ2) is 14.6. The number of ether oxygens (including phenoxy) is 1. The van der Waals surface area contributed by atoms with E-state index in [1.54, 1.807) is 12.1 Å². The first-order chi connectivity index (χ1) is 22.6. The van der Waals surface area contributed by atoms with Crippen LogP contribution in [0.3, 0.4) is 0 Å². The number of hydrogen-bond donors (Lipinski definition) is 0. The van der Waals surface area contributed by atoms with Crippen molar-refractivity contribution >= 4 is 144 Å². The van der Waals surface area contributed by atoms with Crippen LogP contribution in [0.1, 0.15) is 71.1 Å². The average molecular weight is 879 g/mol. The highest BCUT2D eigenvalue weighted by Crippen LogP contribution is 2.46. The van der Waals surface area contributed by atoms with E-state index in [-0.39, 0.29) is 93.8 Å². The Kier molecular flexibility index (Phi) is 11.3. The largest absolute Gasteiger partial charge is 0.456 e. The minimum absolute atomic E-state index is 0.0488. The fourth-order valence-electron chi connectivity index (χ4n) is 5.16. The van der Waals surface area contributed by atoms with Gasteiger partial charge in [-0.3, -0.25) is 33.8 Å². The second-order valence-electron chi connectivity index (χ2n) is 10.3. The summed E-state index contributed by atoms with van der Waals surface area (Å²) in [6.45, 7) is -0.885. The Morgan fingerprint density at radius 1 is 0.625 bits per heavy atom. The molecule has 0 saturated heterocycles. The van der Waals surface area contributed by atoms with Gasteiger partial charge in [0.2, 0.25) is 0 Å². The van der Waals surface area contributed by atoms with Crippen LogP contribution in [0.4, 0.5) is 0 Å². The molecule has 3 aromatic carbocycles. The zero-order valence-electron chi connectivity index (χ0n) is 23.6. The van der Waals surface area contributed by atoms with Gasteiger partial charge in [0.25, 0.3) is 23.6 Å². The molecule has 3 aromatic rings. The molecule has 0 saturated carbocycles. The smallest absolute Gasteiger partial charge is 0.329 e. The molecular weight excluding hydrogens is 864 g/mol. The summed E-state index contributed by atoms with van der Waals surface area (Å²) in [5, 5.41) is -2.06. The lowest BCUT2D eigenvalue weighted by atomic mass is 10.1. The van der Waals surface area contributed by atoms with Crippen molar-refractivity contribution in [2.45, 2.75) is 25.3 Å². The first-order valence-electron chi connectivity index (χ1n) is 13.5. The lowest BCUT2D eigenvalue weighted by Crippen LogP contribution is -2.46. The molecule has 0 fully saturated rings. The van der Waals surface area contributed by atoms with Gasteiger partial charge in [-0.2, -0.15) is 0 Å². The van der Waals surface area contributed by atoms with Crippen molar-refractivity contribution in [3.63, 3.8) is 0 Å². The van der Waals surface area contributed by atoms with E-state index in [0.717, 1.165) is 9.37 Å². The van der Waals surface area contributed by atoms with Crippen molar-refractivity contribution in [3.8, 4) is 0 Å². The maximum absolute atomic E-state index is 13.6. The number of halogens is 9. The molecule has 2 heterocycles. The maximum Gasteiger partial charge on any atom is 0.329 e. The van der Waals surface area contributed by atoms with Gasteiger partial charge in [0.05, 0.1) is 62.4 Å². The van der Waals surface area contributed by atoms with Gasteiger partial charge >= 0.3 is 5.97 Å². The van der Waals surface area contributed by atoms with Gasteiger partial charge in [-0.25, -0.2) is 4.79 Å². The molecule has 0 spiro atoms. The zero-order valence-corrected chi connectivity index (χ0v) is 31.2. The third-order valence-electron chi connectivity index (χ3n) is 7.52. The van der Waals surface area contributed by atoms with E-state index in [0.29, 0.717) is 4.90 Å². The van der Waals surface area contributed by atoms with Crippen LogP contribution in [0, 0.1) is 0 Å². The number of benzene rings is 3. The lowest BCUT2D eigenvalue weighted by molar-refractivity contribution is -0.147. The Morgan fingerprint density at radius 3 is 1.48 bits per heavy atom. The number of hydrogen-bond acceptors (Lipinski definition) is 7. The summed E-state index contributed by atoms with van der Waals surface area (Å²) in [6.07, 6.45) is -0.102. The summed E-state index contributed by atoms with van der Waals surface area (Å²) in [7, 11) is 0. The Hall–Kier alpha value is -2.12. The van der Waals surface area contributed by atoms with Crippen molar-refractivity contribution < 1.29 is 33.5 Å². The third-order valence-corrected chi connectivity index (χ3v) is 11.7. The highest BCUT2D eigenvalue weighted by atomic mass is 79.9. The van der Waals surface area contributed by atoms with E-state index >= 15 is 0 Å². The van der Waals surface area contributed by atoms with E-state index in [2.05, 4.69) is 15.9 Å². The number of imide groups is 2. The van der Waals surface area contributed by atoms with Crippen molar-refractivity contribution in [1.29, 1.82) is 0 Å². The van der Waals surface area contributed by atoms with Gasteiger partial charge in [0.15, 0.2) is 12.4 Å². The standard InChI is InChI=1S/C30H15BrCl8N2O7/c31-11-6-4-10(5-7-11)13(42)9-48-30(47)12(41-28(45)16-17(29(41)46)21(35)25(39)24(38)20(16)34)3-1-2-8-40-26(43)14-15(27(40)44)19(33)23(37)22(36)18(14)32/h4-7,12H,1-3,8-9H2/t12-/m1/s1. The van der Waals surface area contributed by atoms with Gasteiger partial charge < -0.3 is 4.74 Å². The van der Waals surface area contributed by atoms with Crippen molar-refractivity contribution in [2.24, 2.45) is 0 Å². The molecule has 2 aliphatic rings. The molecule has 0 radical (unpaired) electrons. The van der Waals surface area contributed by atoms with Gasteiger partial charge in [-0.1, -0.05) is 121 Å². The molecule has 0 aromatic heterocycles. The summed E-state index contributed by atoms with van der Waals surface area (Å²) < 4.78 is 6.01. The van der Waals surface area contributed by atoms with Crippen LogP contribution in [-0.4, -0.2) is 64.4 Å². The fraction of sp³-hybridized carbons (Fsp3) is 0.200. The molecule has 0 bridgehead atoms. The van der Waals surface area contributed by atoms with E-state index in [1.807, 2.05) is 0 Å². The number of esters is 1. The Balaban J connectivity index is 1.36. The fourth-order valence-corrected chi connectivity index (χ4v) is 7.45. The van der Waals surface area contributed by atoms with Crippen LogP contribution in [0.25, 0.3) is 0 Å². The molecule has 0 N–H and O–H groups in total. The van der Waals surface area contributed by atoms with Crippen LogP contribution >= 0.6 is 109 Å². The summed E-state index contributed by atoms with van der Waals surface area (Å²) in [5.74, 6) is -5.17. The first kappa shape index (κ1) is 37.1. The predicted octanol–water partition coefficient (Wildman–Crippen LogP) is 9.53. The van der Waals surface area contributed by atoms with Crippen LogP contribution < -0.4 is 0 Å². The molecule has 250 valence electrons. The van der Waals surface area contributed by atoms with Crippen molar-refractivity contribution in [2.75, 3.05) is 13.2 Å². The highest BCUT2D eigenvalue weighted by molar-refractivity contribution is 9.10. The molecule has 2 aliphatic heterocycles. The Labute approximate surface area is 320 Å². The predicted molar refractivity (Wildman–Crippen MR) is 186 cm³/mol. The number of carbonyl (C=O) groups is 6. The minimum Gasteiger partial charge on any atom is -0.456 e. The number of rotatable bonds is 10. The molecular formula is C30H15BrCl8N2O7. The molecule has 9 nitrogen and oxygen atoms in total. The molecule has 0 unspecified atom stereocenters. The number of unbranched alkanes of at least 4 members (excludes halogenated alkanes) is 1. The van der Waals surface area contributed by atoms with E-state index in [9.17, 15) is 28.8 Å². The van der Waals surface area contributed by atoms with Gasteiger partial charge in [-0.15, -0.1) is 0 Å². The number of carbonyl (C=O) groups excluding carboxylic acids is 6. The number of fused-ring (bicyclic) bond motifs is 2. The molecule has 18 heteroatoms. The van der Waals surface area contributed by atoms with Gasteiger partial charge in [-0.05, 0) is 31.4 Å². The van der Waals surface area contributed by atoms with E-state index in [1.165, 1.54) is 12.1 Å². The van der Waals surface area contributed by atoms with Crippen LogP contribution in [0.2, 0.25) is 40.2 Å².